The fourth-order valence-electron chi connectivity index (χ4n) is 2.12. The highest BCUT2D eigenvalue weighted by Crippen LogP contribution is 2.17. The number of halogens is 1. The lowest BCUT2D eigenvalue weighted by atomic mass is 10.3. The van der Waals surface area contributed by atoms with Crippen LogP contribution in [0.3, 0.4) is 0 Å². The van der Waals surface area contributed by atoms with E-state index in [9.17, 15) is 8.60 Å². The van der Waals surface area contributed by atoms with Crippen LogP contribution in [0.4, 0.5) is 10.1 Å². The third-order valence-electron chi connectivity index (χ3n) is 3.41. The zero-order valence-electron chi connectivity index (χ0n) is 11.1. The van der Waals surface area contributed by atoms with Gasteiger partial charge in [-0.1, -0.05) is 0 Å². The first-order valence-electron chi connectivity index (χ1n) is 6.40. The van der Waals surface area contributed by atoms with Crippen molar-refractivity contribution in [1.29, 1.82) is 0 Å². The molecular formula is C13H20FN3OS. The molecule has 0 radical (unpaired) electrons. The monoisotopic (exact) mass is 285 g/mol. The second-order valence-electron chi connectivity index (χ2n) is 4.88. The fourth-order valence-corrected chi connectivity index (χ4v) is 3.31. The van der Waals surface area contributed by atoms with Gasteiger partial charge in [-0.2, -0.15) is 0 Å². The number of piperazine rings is 1. The molecule has 4 nitrogen and oxygen atoms in total. The summed E-state index contributed by atoms with van der Waals surface area (Å²) < 4.78 is 25.1. The van der Waals surface area contributed by atoms with Gasteiger partial charge in [0.25, 0.3) is 0 Å². The summed E-state index contributed by atoms with van der Waals surface area (Å²) >= 11 is 0. The lowest BCUT2D eigenvalue weighted by molar-refractivity contribution is 0.161. The number of hydrogen-bond acceptors (Lipinski definition) is 4. The predicted octanol–water partition coefficient (Wildman–Crippen LogP) is 0.763. The zero-order valence-corrected chi connectivity index (χ0v) is 12.0. The fraction of sp³-hybridized carbons (Fsp3) is 0.538. The van der Waals surface area contributed by atoms with Crippen molar-refractivity contribution < 1.29 is 8.60 Å². The van der Waals surface area contributed by atoms with Crippen molar-refractivity contribution >= 4 is 16.5 Å². The van der Waals surface area contributed by atoms with Crippen molar-refractivity contribution in [1.82, 2.24) is 9.80 Å². The third-order valence-corrected chi connectivity index (χ3v) is 4.82. The van der Waals surface area contributed by atoms with Gasteiger partial charge in [-0.15, -0.1) is 0 Å². The first kappa shape index (κ1) is 14.4. The van der Waals surface area contributed by atoms with Crippen LogP contribution in [0.15, 0.2) is 23.1 Å². The largest absolute Gasteiger partial charge is 0.398 e. The van der Waals surface area contributed by atoms with Crippen molar-refractivity contribution in [3.05, 3.63) is 24.0 Å². The van der Waals surface area contributed by atoms with Gasteiger partial charge in [0.05, 0.1) is 21.4 Å². The Morgan fingerprint density at radius 1 is 1.32 bits per heavy atom. The third kappa shape index (κ3) is 3.99. The molecule has 1 aliphatic heterocycles. The molecule has 1 unspecified atom stereocenters. The van der Waals surface area contributed by atoms with Crippen LogP contribution >= 0.6 is 0 Å². The summed E-state index contributed by atoms with van der Waals surface area (Å²) in [5.41, 5.74) is 5.97. The molecule has 1 aromatic rings. The van der Waals surface area contributed by atoms with E-state index in [-0.39, 0.29) is 5.69 Å². The van der Waals surface area contributed by atoms with Crippen molar-refractivity contribution in [3.8, 4) is 0 Å². The van der Waals surface area contributed by atoms with Crippen molar-refractivity contribution in [2.75, 3.05) is 51.3 Å². The molecule has 6 heteroatoms. The summed E-state index contributed by atoms with van der Waals surface area (Å²) in [6, 6.07) is 4.05. The number of hydrogen-bond donors (Lipinski definition) is 1. The average Bonchev–Trinajstić information content (AvgIpc) is 2.37. The van der Waals surface area contributed by atoms with Gasteiger partial charge in [-0.05, 0) is 25.2 Å². The molecule has 0 spiro atoms. The Labute approximate surface area is 115 Å². The molecule has 0 bridgehead atoms. The van der Waals surface area contributed by atoms with Gasteiger partial charge in [-0.3, -0.25) is 9.11 Å². The summed E-state index contributed by atoms with van der Waals surface area (Å²) in [6.45, 7) is 4.90. The highest BCUT2D eigenvalue weighted by Gasteiger charge is 2.15. The zero-order chi connectivity index (χ0) is 13.8. The minimum absolute atomic E-state index is 0.275. The highest BCUT2D eigenvalue weighted by molar-refractivity contribution is 7.85. The summed E-state index contributed by atoms with van der Waals surface area (Å²) in [7, 11) is 0.945. The molecule has 1 heterocycles. The van der Waals surface area contributed by atoms with Crippen LogP contribution < -0.4 is 5.73 Å². The quantitative estimate of drug-likeness (QED) is 0.830. The molecule has 1 fully saturated rings. The van der Waals surface area contributed by atoms with Crippen LogP contribution in [0.2, 0.25) is 0 Å². The van der Waals surface area contributed by atoms with Gasteiger partial charge < -0.3 is 10.6 Å². The molecule has 1 aromatic carbocycles. The number of nitrogen functional groups attached to an aromatic ring is 1. The summed E-state index contributed by atoms with van der Waals surface area (Å²) in [6.07, 6.45) is 0. The molecule has 1 saturated heterocycles. The van der Waals surface area contributed by atoms with Crippen LogP contribution in [0.1, 0.15) is 0 Å². The molecule has 0 aromatic heterocycles. The Hall–Kier alpha value is -0.980. The Balaban J connectivity index is 1.87. The van der Waals surface area contributed by atoms with Crippen LogP contribution in [0, 0.1) is 5.82 Å². The smallest absolute Gasteiger partial charge is 0.125 e. The van der Waals surface area contributed by atoms with Gasteiger partial charge in [0.15, 0.2) is 0 Å². The first-order chi connectivity index (χ1) is 9.06. The maximum Gasteiger partial charge on any atom is 0.125 e. The Morgan fingerprint density at radius 2 is 2.00 bits per heavy atom. The molecule has 1 atom stereocenters. The molecule has 1 aliphatic rings. The van der Waals surface area contributed by atoms with E-state index in [0.717, 1.165) is 32.7 Å². The van der Waals surface area contributed by atoms with E-state index in [1.165, 1.54) is 18.2 Å². The van der Waals surface area contributed by atoms with Crippen LogP contribution in [-0.2, 0) is 10.8 Å². The number of anilines is 1. The summed E-state index contributed by atoms with van der Waals surface area (Å²) in [5, 5.41) is 0. The number of likely N-dealkylation sites (N-methyl/N-ethyl adjacent to an activating group) is 1. The van der Waals surface area contributed by atoms with Crippen LogP contribution in [-0.4, -0.2) is 59.5 Å². The predicted molar refractivity (Wildman–Crippen MR) is 76.0 cm³/mol. The van der Waals surface area contributed by atoms with Crippen molar-refractivity contribution in [2.24, 2.45) is 0 Å². The number of rotatable bonds is 4. The highest BCUT2D eigenvalue weighted by atomic mass is 32.2. The topological polar surface area (TPSA) is 49.6 Å². The van der Waals surface area contributed by atoms with Gasteiger partial charge in [-0.25, -0.2) is 4.39 Å². The summed E-state index contributed by atoms with van der Waals surface area (Å²) in [4.78, 5) is 5.12. The molecule has 2 rings (SSSR count). The van der Waals surface area contributed by atoms with Crippen molar-refractivity contribution in [3.63, 3.8) is 0 Å². The standard InChI is InChI=1S/C13H20FN3OS/c1-16-4-6-17(7-5-16)8-9-19(18)13-3-2-11(14)10-12(13)15/h2-3,10H,4-9,15H2,1H3. The van der Waals surface area contributed by atoms with Gasteiger partial charge in [0.1, 0.15) is 5.82 Å². The first-order valence-corrected chi connectivity index (χ1v) is 7.72. The lowest BCUT2D eigenvalue weighted by Gasteiger charge is -2.32. The summed E-state index contributed by atoms with van der Waals surface area (Å²) in [5.74, 6) is 0.150. The van der Waals surface area contributed by atoms with Gasteiger partial charge in [0.2, 0.25) is 0 Å². The second-order valence-corrected chi connectivity index (χ2v) is 6.42. The van der Waals surface area contributed by atoms with E-state index in [2.05, 4.69) is 16.8 Å². The number of benzene rings is 1. The Bertz CT molecular complexity index is 461. The van der Waals surface area contributed by atoms with E-state index in [1.807, 2.05) is 0 Å². The maximum absolute atomic E-state index is 12.9. The minimum Gasteiger partial charge on any atom is -0.398 e. The van der Waals surface area contributed by atoms with Gasteiger partial charge >= 0.3 is 0 Å². The van der Waals surface area contributed by atoms with Gasteiger partial charge in [0, 0.05) is 38.5 Å². The lowest BCUT2D eigenvalue weighted by Crippen LogP contribution is -2.45. The van der Waals surface area contributed by atoms with E-state index in [0.29, 0.717) is 10.6 Å². The number of nitrogens with two attached hydrogens (primary N) is 1. The SMILES string of the molecule is CN1CCN(CCS(=O)c2ccc(F)cc2N)CC1. The molecule has 0 aliphatic carbocycles. The molecule has 19 heavy (non-hydrogen) atoms. The second kappa shape index (κ2) is 6.45. The van der Waals surface area contributed by atoms with E-state index < -0.39 is 16.6 Å². The molecule has 106 valence electrons. The van der Waals surface area contributed by atoms with E-state index >= 15 is 0 Å². The Morgan fingerprint density at radius 3 is 2.63 bits per heavy atom. The number of nitrogens with zero attached hydrogens (tertiary/aromatic N) is 2. The normalized spacial score (nSPS) is 19.5. The van der Waals surface area contributed by atoms with Crippen LogP contribution in [0.5, 0.6) is 0 Å². The Kier molecular flexibility index (Phi) is 4.90. The van der Waals surface area contributed by atoms with Crippen molar-refractivity contribution in [2.45, 2.75) is 4.90 Å². The molecule has 2 N–H and O–H groups in total. The average molecular weight is 285 g/mol. The minimum atomic E-state index is -1.16. The maximum atomic E-state index is 12.9. The van der Waals surface area contributed by atoms with Crippen LogP contribution in [0.25, 0.3) is 0 Å². The molecular weight excluding hydrogens is 265 g/mol. The van der Waals surface area contributed by atoms with E-state index in [4.69, 9.17) is 5.73 Å². The van der Waals surface area contributed by atoms with E-state index in [1.54, 1.807) is 0 Å². The molecule has 0 saturated carbocycles. The molecule has 0 amide bonds.